The molecule has 0 atom stereocenters. The quantitative estimate of drug-likeness (QED) is 0.341. The van der Waals surface area contributed by atoms with Crippen molar-refractivity contribution < 1.29 is 5.21 Å². The lowest BCUT2D eigenvalue weighted by Crippen LogP contribution is -2.16. The Balaban J connectivity index is 2.34. The molecule has 2 rings (SSSR count). The first-order chi connectivity index (χ1) is 7.81. The van der Waals surface area contributed by atoms with E-state index in [0.29, 0.717) is 0 Å². The van der Waals surface area contributed by atoms with Crippen molar-refractivity contribution in [3.8, 4) is 11.1 Å². The van der Waals surface area contributed by atoms with Crippen molar-refractivity contribution in [3.63, 3.8) is 0 Å². The van der Waals surface area contributed by atoms with Crippen molar-refractivity contribution in [3.05, 3.63) is 48.5 Å². The minimum absolute atomic E-state index is 0.0976. The maximum atomic E-state index is 8.46. The van der Waals surface area contributed by atoms with Gasteiger partial charge in [-0.1, -0.05) is 35.5 Å². The number of hydrogen-bond acceptors (Lipinski definition) is 4. The Bertz CT molecular complexity index is 493. The monoisotopic (exact) mass is 214 g/mol. The van der Waals surface area contributed by atoms with Crippen LogP contribution >= 0.6 is 0 Å². The first kappa shape index (κ1) is 10.1. The molecule has 0 aliphatic rings. The fourth-order valence-electron chi connectivity index (χ4n) is 1.28. The molecule has 3 N–H and O–H groups in total. The number of benzene rings is 1. The number of oxime groups is 1. The molecule has 0 aliphatic heterocycles. The first-order valence-electron chi connectivity index (χ1n) is 4.66. The fourth-order valence-corrected chi connectivity index (χ4v) is 1.28. The van der Waals surface area contributed by atoms with Gasteiger partial charge in [0.05, 0.1) is 0 Å². The predicted octanol–water partition coefficient (Wildman–Crippen LogP) is 1.24. The lowest BCUT2D eigenvalue weighted by Gasteiger charge is -2.01. The molecule has 1 aromatic carbocycles. The number of aromatic nitrogens is 2. The molecule has 1 heterocycles. The highest BCUT2D eigenvalue weighted by Gasteiger charge is 2.03. The van der Waals surface area contributed by atoms with Gasteiger partial charge in [-0.3, -0.25) is 0 Å². The molecule has 80 valence electrons. The Morgan fingerprint density at radius 1 is 1.06 bits per heavy atom. The number of amidine groups is 1. The first-order valence-corrected chi connectivity index (χ1v) is 4.66. The summed E-state index contributed by atoms with van der Waals surface area (Å²) in [6.45, 7) is 0. The highest BCUT2D eigenvalue weighted by atomic mass is 16.4. The van der Waals surface area contributed by atoms with Gasteiger partial charge in [0, 0.05) is 18.0 Å². The topological polar surface area (TPSA) is 84.4 Å². The summed E-state index contributed by atoms with van der Waals surface area (Å²) in [5.74, 6) is 0.113. The van der Waals surface area contributed by atoms with Gasteiger partial charge in [0.15, 0.2) is 5.82 Å². The highest BCUT2D eigenvalue weighted by Crippen LogP contribution is 2.16. The van der Waals surface area contributed by atoms with Gasteiger partial charge in [-0.2, -0.15) is 0 Å². The molecular weight excluding hydrogens is 204 g/mol. The average Bonchev–Trinajstić information content (AvgIpc) is 2.39. The van der Waals surface area contributed by atoms with Crippen molar-refractivity contribution in [1.29, 1.82) is 0 Å². The summed E-state index contributed by atoms with van der Waals surface area (Å²) in [6.07, 6.45) is 3.27. The maximum absolute atomic E-state index is 8.46. The van der Waals surface area contributed by atoms with Crippen LogP contribution in [0.4, 0.5) is 0 Å². The third kappa shape index (κ3) is 1.98. The van der Waals surface area contributed by atoms with E-state index in [-0.39, 0.29) is 11.7 Å². The molecule has 5 heteroatoms. The summed E-state index contributed by atoms with van der Waals surface area (Å²) in [5.41, 5.74) is 7.26. The number of nitrogens with zero attached hydrogens (tertiary/aromatic N) is 3. The molecule has 16 heavy (non-hydrogen) atoms. The highest BCUT2D eigenvalue weighted by molar-refractivity contribution is 5.93. The van der Waals surface area contributed by atoms with Gasteiger partial charge in [-0.25, -0.2) is 9.97 Å². The second kappa shape index (κ2) is 4.39. The number of hydrogen-bond donors (Lipinski definition) is 2. The van der Waals surface area contributed by atoms with Gasteiger partial charge >= 0.3 is 0 Å². The smallest absolute Gasteiger partial charge is 0.207 e. The van der Waals surface area contributed by atoms with Crippen LogP contribution in [0.1, 0.15) is 5.82 Å². The molecule has 2 aromatic rings. The molecule has 0 bridgehead atoms. The van der Waals surface area contributed by atoms with Crippen molar-refractivity contribution in [2.75, 3.05) is 0 Å². The standard InChI is InChI=1S/C11H10N4O/c12-10(15-16)11-13-6-9(7-14-11)8-4-2-1-3-5-8/h1-7,16H,(H2,12,15). The number of rotatable bonds is 2. The normalized spacial score (nSPS) is 11.4. The molecule has 5 nitrogen and oxygen atoms in total. The molecular formula is C11H10N4O. The van der Waals surface area contributed by atoms with E-state index in [9.17, 15) is 0 Å². The van der Waals surface area contributed by atoms with Crippen LogP contribution in [0, 0.1) is 0 Å². The van der Waals surface area contributed by atoms with Gasteiger partial charge < -0.3 is 10.9 Å². The van der Waals surface area contributed by atoms with Gasteiger partial charge in [0.25, 0.3) is 0 Å². The third-order valence-electron chi connectivity index (χ3n) is 2.10. The van der Waals surface area contributed by atoms with Crippen LogP contribution in [0.15, 0.2) is 47.9 Å². The Kier molecular flexibility index (Phi) is 2.77. The zero-order chi connectivity index (χ0) is 11.4. The summed E-state index contributed by atoms with van der Waals surface area (Å²) >= 11 is 0. The molecule has 0 saturated carbocycles. The van der Waals surface area contributed by atoms with Crippen molar-refractivity contribution >= 4 is 5.84 Å². The third-order valence-corrected chi connectivity index (χ3v) is 2.10. The zero-order valence-corrected chi connectivity index (χ0v) is 8.41. The summed E-state index contributed by atoms with van der Waals surface area (Å²) in [7, 11) is 0. The predicted molar refractivity (Wildman–Crippen MR) is 60.0 cm³/mol. The van der Waals surface area contributed by atoms with E-state index in [1.807, 2.05) is 30.3 Å². The molecule has 0 spiro atoms. The Hall–Kier alpha value is -2.43. The maximum Gasteiger partial charge on any atom is 0.207 e. The Labute approximate surface area is 92.3 Å². The van der Waals surface area contributed by atoms with Crippen LogP contribution in [0.2, 0.25) is 0 Å². The van der Waals surface area contributed by atoms with Gasteiger partial charge in [0.2, 0.25) is 5.84 Å². The fraction of sp³-hybridized carbons (Fsp3) is 0. The van der Waals surface area contributed by atoms with Gasteiger partial charge in [-0.15, -0.1) is 0 Å². The van der Waals surface area contributed by atoms with Gasteiger partial charge in [0.1, 0.15) is 0 Å². The van der Waals surface area contributed by atoms with E-state index in [4.69, 9.17) is 10.9 Å². The van der Waals surface area contributed by atoms with E-state index in [1.165, 1.54) is 0 Å². The summed E-state index contributed by atoms with van der Waals surface area (Å²) in [6, 6.07) is 9.73. The van der Waals surface area contributed by atoms with Crippen molar-refractivity contribution in [2.24, 2.45) is 10.9 Å². The summed E-state index contributed by atoms with van der Waals surface area (Å²) in [5, 5.41) is 11.3. The van der Waals surface area contributed by atoms with E-state index < -0.39 is 0 Å². The van der Waals surface area contributed by atoms with E-state index in [1.54, 1.807) is 12.4 Å². The van der Waals surface area contributed by atoms with E-state index in [2.05, 4.69) is 15.1 Å². The van der Waals surface area contributed by atoms with Gasteiger partial charge in [-0.05, 0) is 5.56 Å². The lowest BCUT2D eigenvalue weighted by atomic mass is 10.1. The molecule has 0 fully saturated rings. The zero-order valence-electron chi connectivity index (χ0n) is 8.41. The second-order valence-electron chi connectivity index (χ2n) is 3.15. The Morgan fingerprint density at radius 3 is 2.25 bits per heavy atom. The van der Waals surface area contributed by atoms with Crippen molar-refractivity contribution in [2.45, 2.75) is 0 Å². The van der Waals surface area contributed by atoms with Crippen LogP contribution in [0.5, 0.6) is 0 Å². The molecule has 0 saturated heterocycles. The molecule has 0 unspecified atom stereocenters. The molecule has 0 aliphatic carbocycles. The van der Waals surface area contributed by atoms with Crippen LogP contribution < -0.4 is 5.73 Å². The Morgan fingerprint density at radius 2 is 1.69 bits per heavy atom. The SMILES string of the molecule is N/C(=N\O)c1ncc(-c2ccccc2)cn1. The summed E-state index contributed by atoms with van der Waals surface area (Å²) < 4.78 is 0. The van der Waals surface area contributed by atoms with Crippen LogP contribution in [0.3, 0.4) is 0 Å². The van der Waals surface area contributed by atoms with E-state index >= 15 is 0 Å². The van der Waals surface area contributed by atoms with E-state index in [0.717, 1.165) is 11.1 Å². The van der Waals surface area contributed by atoms with Crippen LogP contribution in [0.25, 0.3) is 11.1 Å². The van der Waals surface area contributed by atoms with Crippen LogP contribution in [-0.4, -0.2) is 21.0 Å². The largest absolute Gasteiger partial charge is 0.409 e. The minimum Gasteiger partial charge on any atom is -0.409 e. The van der Waals surface area contributed by atoms with Crippen molar-refractivity contribution in [1.82, 2.24) is 9.97 Å². The lowest BCUT2D eigenvalue weighted by molar-refractivity contribution is 0.318. The second-order valence-corrected chi connectivity index (χ2v) is 3.15. The average molecular weight is 214 g/mol. The number of nitrogens with two attached hydrogens (primary N) is 1. The summed E-state index contributed by atoms with van der Waals surface area (Å²) in [4.78, 5) is 8.00. The van der Waals surface area contributed by atoms with Crippen LogP contribution in [-0.2, 0) is 0 Å². The minimum atomic E-state index is -0.0976. The molecule has 0 radical (unpaired) electrons. The molecule has 1 aromatic heterocycles. The molecule has 0 amide bonds.